The average molecular weight is 398 g/mol. The van der Waals surface area contributed by atoms with E-state index in [4.69, 9.17) is 0 Å². The van der Waals surface area contributed by atoms with E-state index >= 15 is 0 Å². The summed E-state index contributed by atoms with van der Waals surface area (Å²) in [5, 5.41) is 10.2. The van der Waals surface area contributed by atoms with Crippen molar-refractivity contribution in [3.63, 3.8) is 0 Å². The number of nitrogens with one attached hydrogen (secondary N) is 2. The number of hydrogen-bond acceptors (Lipinski definition) is 3. The van der Waals surface area contributed by atoms with Gasteiger partial charge in [-0.3, -0.25) is 14.7 Å². The van der Waals surface area contributed by atoms with Crippen molar-refractivity contribution < 1.29 is 14.0 Å². The van der Waals surface area contributed by atoms with E-state index in [9.17, 15) is 14.0 Å². The fourth-order valence-corrected chi connectivity index (χ4v) is 4.32. The SMILES string of the molecule is O=C(NCC1CCCCC1)c1n[nH]c2c1CN(C(=O)Cc1ccccc1F)CC2. The monoisotopic (exact) mass is 398 g/mol. The molecule has 2 heterocycles. The summed E-state index contributed by atoms with van der Waals surface area (Å²) in [5.74, 6) is -0.155. The van der Waals surface area contributed by atoms with Crippen LogP contribution in [0.25, 0.3) is 0 Å². The molecule has 2 aromatic rings. The lowest BCUT2D eigenvalue weighted by Crippen LogP contribution is -2.38. The van der Waals surface area contributed by atoms with Gasteiger partial charge in [-0.2, -0.15) is 5.10 Å². The van der Waals surface area contributed by atoms with Crippen molar-refractivity contribution in [1.82, 2.24) is 20.4 Å². The van der Waals surface area contributed by atoms with Crippen molar-refractivity contribution in [3.05, 3.63) is 52.6 Å². The Kier molecular flexibility index (Phi) is 5.92. The Balaban J connectivity index is 1.39. The molecule has 1 aromatic heterocycles. The summed E-state index contributed by atoms with van der Waals surface area (Å²) in [6.45, 7) is 1.54. The molecule has 1 aliphatic carbocycles. The van der Waals surface area contributed by atoms with Crippen molar-refractivity contribution in [3.8, 4) is 0 Å². The van der Waals surface area contributed by atoms with Gasteiger partial charge in [-0.05, 0) is 30.4 Å². The smallest absolute Gasteiger partial charge is 0.272 e. The van der Waals surface area contributed by atoms with Crippen LogP contribution in [0.1, 0.15) is 59.4 Å². The zero-order chi connectivity index (χ0) is 20.2. The van der Waals surface area contributed by atoms with Gasteiger partial charge in [-0.1, -0.05) is 37.5 Å². The molecule has 0 saturated heterocycles. The predicted molar refractivity (Wildman–Crippen MR) is 107 cm³/mol. The summed E-state index contributed by atoms with van der Waals surface area (Å²) in [6.07, 6.45) is 6.71. The fourth-order valence-electron chi connectivity index (χ4n) is 4.32. The first-order chi connectivity index (χ1) is 14.1. The van der Waals surface area contributed by atoms with Gasteiger partial charge in [0.15, 0.2) is 5.69 Å². The molecule has 0 unspecified atom stereocenters. The summed E-state index contributed by atoms with van der Waals surface area (Å²) in [7, 11) is 0. The predicted octanol–water partition coefficient (Wildman–Crippen LogP) is 2.99. The van der Waals surface area contributed by atoms with E-state index in [1.165, 1.54) is 25.3 Å². The Labute approximate surface area is 169 Å². The van der Waals surface area contributed by atoms with Crippen LogP contribution < -0.4 is 5.32 Å². The third-order valence-corrected chi connectivity index (χ3v) is 6.08. The van der Waals surface area contributed by atoms with Crippen LogP contribution in [0.15, 0.2) is 24.3 Å². The molecule has 0 atom stereocenters. The first kappa shape index (κ1) is 19.6. The molecule has 154 valence electrons. The fraction of sp³-hybridized carbons (Fsp3) is 0.500. The maximum absolute atomic E-state index is 13.9. The quantitative estimate of drug-likeness (QED) is 0.813. The summed E-state index contributed by atoms with van der Waals surface area (Å²) < 4.78 is 13.9. The zero-order valence-electron chi connectivity index (χ0n) is 16.5. The van der Waals surface area contributed by atoms with Crippen LogP contribution in [0.4, 0.5) is 4.39 Å². The second-order valence-electron chi connectivity index (χ2n) is 8.08. The van der Waals surface area contributed by atoms with Crippen LogP contribution in [0.2, 0.25) is 0 Å². The van der Waals surface area contributed by atoms with Crippen LogP contribution in [0.3, 0.4) is 0 Å². The first-order valence-corrected chi connectivity index (χ1v) is 10.5. The van der Waals surface area contributed by atoms with E-state index in [1.54, 1.807) is 23.1 Å². The first-order valence-electron chi connectivity index (χ1n) is 10.5. The minimum Gasteiger partial charge on any atom is -0.350 e. The molecule has 2 aliphatic rings. The Morgan fingerprint density at radius 3 is 2.79 bits per heavy atom. The number of amides is 2. The lowest BCUT2D eigenvalue weighted by Gasteiger charge is -2.27. The highest BCUT2D eigenvalue weighted by Gasteiger charge is 2.28. The Hall–Kier alpha value is -2.70. The van der Waals surface area contributed by atoms with Crippen LogP contribution in [-0.4, -0.2) is 40.0 Å². The van der Waals surface area contributed by atoms with Gasteiger partial charge in [0.2, 0.25) is 5.91 Å². The van der Waals surface area contributed by atoms with Crippen LogP contribution in [0, 0.1) is 11.7 Å². The molecular formula is C22H27FN4O2. The number of nitrogens with zero attached hydrogens (tertiary/aromatic N) is 2. The second-order valence-corrected chi connectivity index (χ2v) is 8.08. The summed E-state index contributed by atoms with van der Waals surface area (Å²) in [4.78, 5) is 27.1. The number of rotatable bonds is 5. The molecule has 0 radical (unpaired) electrons. The lowest BCUT2D eigenvalue weighted by atomic mass is 9.89. The molecule has 0 bridgehead atoms. The van der Waals surface area contributed by atoms with Crippen molar-refractivity contribution in [2.75, 3.05) is 13.1 Å². The standard InChI is InChI=1S/C22H27FN4O2/c23-18-9-5-4-8-16(18)12-20(28)27-11-10-19-17(14-27)21(26-25-19)22(29)24-13-15-6-2-1-3-7-15/h4-5,8-9,15H,1-3,6-7,10-14H2,(H,24,29)(H,25,26). The third-order valence-electron chi connectivity index (χ3n) is 6.08. The molecule has 2 N–H and O–H groups in total. The van der Waals surface area contributed by atoms with E-state index < -0.39 is 0 Å². The summed E-state index contributed by atoms with van der Waals surface area (Å²) in [5.41, 5.74) is 2.45. The number of H-pyrrole nitrogens is 1. The number of carbonyl (C=O) groups is 2. The maximum Gasteiger partial charge on any atom is 0.272 e. The zero-order valence-corrected chi connectivity index (χ0v) is 16.5. The van der Waals surface area contributed by atoms with Gasteiger partial charge < -0.3 is 10.2 Å². The highest BCUT2D eigenvalue weighted by Crippen LogP contribution is 2.24. The highest BCUT2D eigenvalue weighted by atomic mass is 19.1. The molecule has 6 nitrogen and oxygen atoms in total. The number of aromatic amines is 1. The summed E-state index contributed by atoms with van der Waals surface area (Å²) in [6, 6.07) is 6.33. The molecule has 2 amide bonds. The van der Waals surface area contributed by atoms with E-state index in [0.717, 1.165) is 24.1 Å². The van der Waals surface area contributed by atoms with Crippen LogP contribution in [0.5, 0.6) is 0 Å². The molecule has 1 aliphatic heterocycles. The Morgan fingerprint density at radius 1 is 1.21 bits per heavy atom. The molecule has 7 heteroatoms. The molecule has 1 fully saturated rings. The maximum atomic E-state index is 13.9. The normalized spacial score (nSPS) is 17.1. The average Bonchev–Trinajstić information content (AvgIpc) is 3.18. The van der Waals surface area contributed by atoms with Crippen molar-refractivity contribution >= 4 is 11.8 Å². The lowest BCUT2D eigenvalue weighted by molar-refractivity contribution is -0.131. The molecule has 4 rings (SSSR count). The summed E-state index contributed by atoms with van der Waals surface area (Å²) >= 11 is 0. The number of aromatic nitrogens is 2. The van der Waals surface area contributed by atoms with Gasteiger partial charge in [-0.15, -0.1) is 0 Å². The van der Waals surface area contributed by atoms with Crippen molar-refractivity contribution in [1.29, 1.82) is 0 Å². The molecule has 1 aromatic carbocycles. The van der Waals surface area contributed by atoms with E-state index in [1.807, 2.05) is 0 Å². The minimum atomic E-state index is -0.371. The number of carbonyl (C=O) groups excluding carboxylic acids is 2. The highest BCUT2D eigenvalue weighted by molar-refractivity contribution is 5.94. The van der Waals surface area contributed by atoms with Crippen molar-refractivity contribution in [2.24, 2.45) is 5.92 Å². The van der Waals surface area contributed by atoms with E-state index in [2.05, 4.69) is 15.5 Å². The number of benzene rings is 1. The van der Waals surface area contributed by atoms with Gasteiger partial charge in [0.05, 0.1) is 6.42 Å². The molecular weight excluding hydrogens is 371 g/mol. The van der Waals surface area contributed by atoms with E-state index in [0.29, 0.717) is 43.2 Å². The third kappa shape index (κ3) is 4.49. The molecule has 0 spiro atoms. The van der Waals surface area contributed by atoms with Crippen molar-refractivity contribution in [2.45, 2.75) is 51.5 Å². The van der Waals surface area contributed by atoms with E-state index in [-0.39, 0.29) is 24.1 Å². The topological polar surface area (TPSA) is 78.1 Å². The Morgan fingerprint density at radius 2 is 2.00 bits per heavy atom. The molecule has 1 saturated carbocycles. The van der Waals surface area contributed by atoms with Crippen LogP contribution in [-0.2, 0) is 24.2 Å². The Bertz CT molecular complexity index is 889. The molecule has 29 heavy (non-hydrogen) atoms. The largest absolute Gasteiger partial charge is 0.350 e. The van der Waals surface area contributed by atoms with Crippen LogP contribution >= 0.6 is 0 Å². The number of halogens is 1. The minimum absolute atomic E-state index is 0.0169. The second kappa shape index (κ2) is 8.76. The van der Waals surface area contributed by atoms with Gasteiger partial charge in [0.25, 0.3) is 5.91 Å². The number of fused-ring (bicyclic) bond motifs is 1. The van der Waals surface area contributed by atoms with Gasteiger partial charge in [-0.25, -0.2) is 4.39 Å². The van der Waals surface area contributed by atoms with Gasteiger partial charge in [0.1, 0.15) is 5.82 Å². The van der Waals surface area contributed by atoms with Gasteiger partial charge in [0, 0.05) is 37.3 Å². The van der Waals surface area contributed by atoms with Gasteiger partial charge >= 0.3 is 0 Å². The number of hydrogen-bond donors (Lipinski definition) is 2.